The molecule has 0 amide bonds. The van der Waals surface area contributed by atoms with E-state index in [1.807, 2.05) is 10.9 Å². The Morgan fingerprint density at radius 1 is 1.10 bits per heavy atom. The minimum Gasteiger partial charge on any atom is -0.378 e. The highest BCUT2D eigenvalue weighted by atomic mass is 16.5. The molecule has 3 aromatic heterocycles. The SMILES string of the molecule is NCCn1cc(Nc2ncc3cnn(Cc4cccc(N5CCOCC5)c4)c3n2)cn1. The van der Waals surface area contributed by atoms with Crippen molar-refractivity contribution in [3.8, 4) is 0 Å². The lowest BCUT2D eigenvalue weighted by molar-refractivity contribution is 0.122. The molecule has 1 aliphatic heterocycles. The first kappa shape index (κ1) is 19.5. The van der Waals surface area contributed by atoms with Gasteiger partial charge in [-0.3, -0.25) is 4.68 Å². The third-order valence-electron chi connectivity index (χ3n) is 5.24. The molecule has 10 nitrogen and oxygen atoms in total. The zero-order chi connectivity index (χ0) is 21.0. The normalized spacial score (nSPS) is 14.3. The number of morpholine rings is 1. The predicted octanol–water partition coefficient (Wildman–Crippen LogP) is 1.61. The van der Waals surface area contributed by atoms with Gasteiger partial charge in [-0.15, -0.1) is 0 Å². The average molecular weight is 419 g/mol. The maximum atomic E-state index is 5.58. The van der Waals surface area contributed by atoms with E-state index < -0.39 is 0 Å². The van der Waals surface area contributed by atoms with Crippen molar-refractivity contribution < 1.29 is 4.74 Å². The molecule has 1 fully saturated rings. The van der Waals surface area contributed by atoms with E-state index in [9.17, 15) is 0 Å². The maximum absolute atomic E-state index is 5.58. The minimum absolute atomic E-state index is 0.503. The third kappa shape index (κ3) is 4.35. The van der Waals surface area contributed by atoms with Gasteiger partial charge in [-0.2, -0.15) is 15.2 Å². The van der Waals surface area contributed by atoms with Crippen molar-refractivity contribution in [1.82, 2.24) is 29.5 Å². The molecule has 1 aliphatic rings. The molecule has 1 aromatic carbocycles. The quantitative estimate of drug-likeness (QED) is 0.465. The number of aromatic nitrogens is 6. The molecule has 0 radical (unpaired) electrons. The van der Waals surface area contributed by atoms with Crippen LogP contribution in [0.25, 0.3) is 11.0 Å². The summed E-state index contributed by atoms with van der Waals surface area (Å²) in [5.74, 6) is 0.503. The second kappa shape index (κ2) is 8.70. The molecule has 3 N–H and O–H groups in total. The number of nitrogens with zero attached hydrogens (tertiary/aromatic N) is 7. The van der Waals surface area contributed by atoms with Crippen LogP contribution < -0.4 is 16.0 Å². The van der Waals surface area contributed by atoms with Gasteiger partial charge in [0.25, 0.3) is 0 Å². The highest BCUT2D eigenvalue weighted by Gasteiger charge is 2.13. The summed E-state index contributed by atoms with van der Waals surface area (Å²) in [5, 5.41) is 12.9. The fourth-order valence-corrected chi connectivity index (χ4v) is 3.70. The summed E-state index contributed by atoms with van der Waals surface area (Å²) in [5.41, 5.74) is 9.56. The van der Waals surface area contributed by atoms with E-state index in [1.54, 1.807) is 23.3 Å². The van der Waals surface area contributed by atoms with E-state index in [4.69, 9.17) is 10.5 Å². The monoisotopic (exact) mass is 419 g/mol. The van der Waals surface area contributed by atoms with Crippen LogP contribution in [0.15, 0.2) is 49.1 Å². The Balaban J connectivity index is 1.36. The van der Waals surface area contributed by atoms with Crippen LogP contribution in [-0.4, -0.2) is 62.4 Å². The Morgan fingerprint density at radius 2 is 2.00 bits per heavy atom. The third-order valence-corrected chi connectivity index (χ3v) is 5.24. The summed E-state index contributed by atoms with van der Waals surface area (Å²) in [6.45, 7) is 5.20. The van der Waals surface area contributed by atoms with Crippen molar-refractivity contribution >= 4 is 28.4 Å². The van der Waals surface area contributed by atoms with Gasteiger partial charge in [0.1, 0.15) is 0 Å². The number of anilines is 3. The van der Waals surface area contributed by atoms with Crippen LogP contribution in [0, 0.1) is 0 Å². The fourth-order valence-electron chi connectivity index (χ4n) is 3.70. The lowest BCUT2D eigenvalue weighted by Gasteiger charge is -2.29. The van der Waals surface area contributed by atoms with Gasteiger partial charge in [-0.05, 0) is 17.7 Å². The second-order valence-corrected chi connectivity index (χ2v) is 7.45. The first-order valence-electron chi connectivity index (χ1n) is 10.4. The lowest BCUT2D eigenvalue weighted by atomic mass is 10.2. The van der Waals surface area contributed by atoms with E-state index in [-0.39, 0.29) is 0 Å². The van der Waals surface area contributed by atoms with Crippen molar-refractivity contribution in [2.24, 2.45) is 5.73 Å². The first-order valence-corrected chi connectivity index (χ1v) is 10.4. The predicted molar refractivity (Wildman–Crippen MR) is 118 cm³/mol. The number of hydrogen-bond acceptors (Lipinski definition) is 8. The van der Waals surface area contributed by atoms with E-state index in [0.29, 0.717) is 25.6 Å². The summed E-state index contributed by atoms with van der Waals surface area (Å²) < 4.78 is 9.15. The smallest absolute Gasteiger partial charge is 0.229 e. The summed E-state index contributed by atoms with van der Waals surface area (Å²) in [7, 11) is 0. The highest BCUT2D eigenvalue weighted by molar-refractivity contribution is 5.75. The second-order valence-electron chi connectivity index (χ2n) is 7.45. The number of ether oxygens (including phenoxy) is 1. The molecule has 4 aromatic rings. The number of nitrogens with two attached hydrogens (primary N) is 1. The molecule has 0 bridgehead atoms. The zero-order valence-corrected chi connectivity index (χ0v) is 17.2. The Bertz CT molecular complexity index is 1160. The van der Waals surface area contributed by atoms with Crippen molar-refractivity contribution in [3.63, 3.8) is 0 Å². The minimum atomic E-state index is 0.503. The molecule has 4 heterocycles. The van der Waals surface area contributed by atoms with Crippen LogP contribution in [0.5, 0.6) is 0 Å². The standard InChI is InChI=1S/C21H25N9O/c22-4-5-29-15-18(13-24-29)26-21-23-11-17-12-25-30(20(17)27-21)14-16-2-1-3-19(10-16)28-6-8-31-9-7-28/h1-3,10-13,15H,4-9,14,22H2,(H,23,26,27). The Kier molecular flexibility index (Phi) is 5.46. The molecule has 0 spiro atoms. The van der Waals surface area contributed by atoms with Crippen molar-refractivity contribution in [2.75, 3.05) is 43.1 Å². The van der Waals surface area contributed by atoms with Gasteiger partial charge in [0.15, 0.2) is 5.65 Å². The number of rotatable bonds is 7. The molecular weight excluding hydrogens is 394 g/mol. The topological polar surface area (TPSA) is 112 Å². The van der Waals surface area contributed by atoms with E-state index in [1.165, 1.54) is 11.3 Å². The molecule has 0 aliphatic carbocycles. The number of benzene rings is 1. The highest BCUT2D eigenvalue weighted by Crippen LogP contribution is 2.20. The van der Waals surface area contributed by atoms with E-state index in [2.05, 4.69) is 54.6 Å². The summed E-state index contributed by atoms with van der Waals surface area (Å²) in [4.78, 5) is 11.4. The molecule has 31 heavy (non-hydrogen) atoms. The molecular formula is C21H25N9O. The summed E-state index contributed by atoms with van der Waals surface area (Å²) in [6, 6.07) is 8.56. The van der Waals surface area contributed by atoms with Crippen LogP contribution in [-0.2, 0) is 17.8 Å². The van der Waals surface area contributed by atoms with Crippen LogP contribution in [0.1, 0.15) is 5.56 Å². The molecule has 1 saturated heterocycles. The van der Waals surface area contributed by atoms with Crippen LogP contribution in [0.2, 0.25) is 0 Å². The molecule has 10 heteroatoms. The molecule has 0 saturated carbocycles. The first-order chi connectivity index (χ1) is 15.3. The van der Waals surface area contributed by atoms with Crippen molar-refractivity contribution in [1.29, 1.82) is 0 Å². The molecule has 5 rings (SSSR count). The molecule has 0 atom stereocenters. The Labute approximate surface area is 179 Å². The fraction of sp³-hybridized carbons (Fsp3) is 0.333. The van der Waals surface area contributed by atoms with E-state index in [0.717, 1.165) is 43.0 Å². The van der Waals surface area contributed by atoms with Gasteiger partial charge in [-0.1, -0.05) is 12.1 Å². The zero-order valence-electron chi connectivity index (χ0n) is 17.2. The Hall–Kier alpha value is -3.50. The lowest BCUT2D eigenvalue weighted by Crippen LogP contribution is -2.36. The van der Waals surface area contributed by atoms with E-state index >= 15 is 0 Å². The van der Waals surface area contributed by atoms with Gasteiger partial charge in [0.05, 0.1) is 49.8 Å². The largest absolute Gasteiger partial charge is 0.378 e. The van der Waals surface area contributed by atoms with Gasteiger partial charge in [0, 0.05) is 37.7 Å². The number of hydrogen-bond donors (Lipinski definition) is 2. The van der Waals surface area contributed by atoms with Gasteiger partial charge in [0.2, 0.25) is 5.95 Å². The summed E-state index contributed by atoms with van der Waals surface area (Å²) >= 11 is 0. The summed E-state index contributed by atoms with van der Waals surface area (Å²) in [6.07, 6.45) is 7.19. The molecule has 160 valence electrons. The van der Waals surface area contributed by atoms with Crippen LogP contribution in [0.3, 0.4) is 0 Å². The van der Waals surface area contributed by atoms with Crippen molar-refractivity contribution in [2.45, 2.75) is 13.1 Å². The van der Waals surface area contributed by atoms with Gasteiger partial charge in [-0.25, -0.2) is 9.67 Å². The maximum Gasteiger partial charge on any atom is 0.229 e. The van der Waals surface area contributed by atoms with Crippen molar-refractivity contribution in [3.05, 3.63) is 54.6 Å². The number of nitrogens with one attached hydrogen (secondary N) is 1. The van der Waals surface area contributed by atoms with Gasteiger partial charge >= 0.3 is 0 Å². The number of fused-ring (bicyclic) bond motifs is 1. The van der Waals surface area contributed by atoms with Crippen LogP contribution >= 0.6 is 0 Å². The average Bonchev–Trinajstić information content (AvgIpc) is 3.42. The van der Waals surface area contributed by atoms with Gasteiger partial charge < -0.3 is 20.7 Å². The molecule has 0 unspecified atom stereocenters. The Morgan fingerprint density at radius 3 is 2.87 bits per heavy atom. The van der Waals surface area contributed by atoms with Crippen LogP contribution in [0.4, 0.5) is 17.3 Å².